The van der Waals surface area contributed by atoms with Crippen molar-refractivity contribution in [3.63, 3.8) is 0 Å². The smallest absolute Gasteiger partial charge is 0.149 e. The highest BCUT2D eigenvalue weighted by Gasteiger charge is 2.22. The maximum Gasteiger partial charge on any atom is 0.149 e. The highest BCUT2D eigenvalue weighted by atomic mass is 16.5. The Kier molecular flexibility index (Phi) is 1.65. The van der Waals surface area contributed by atoms with E-state index in [0.717, 1.165) is 12.4 Å². The Morgan fingerprint density at radius 2 is 2.75 bits per heavy atom. The number of nitrogen functional groups attached to an aromatic ring is 1. The van der Waals surface area contributed by atoms with Gasteiger partial charge in [0, 0.05) is 6.61 Å². The van der Waals surface area contributed by atoms with Crippen LogP contribution < -0.4 is 11.1 Å². The van der Waals surface area contributed by atoms with Crippen LogP contribution in [0.15, 0.2) is 6.20 Å². The number of anilines is 2. The summed E-state index contributed by atoms with van der Waals surface area (Å²) >= 11 is 0. The van der Waals surface area contributed by atoms with Crippen molar-refractivity contribution in [1.29, 1.82) is 0 Å². The van der Waals surface area contributed by atoms with Crippen molar-refractivity contribution in [2.24, 2.45) is 0 Å². The summed E-state index contributed by atoms with van der Waals surface area (Å²) in [6.45, 7) is 3.40. The zero-order chi connectivity index (χ0) is 8.55. The van der Waals surface area contributed by atoms with Crippen molar-refractivity contribution in [2.75, 3.05) is 17.7 Å². The summed E-state index contributed by atoms with van der Waals surface area (Å²) in [5.41, 5.74) is 6.33. The van der Waals surface area contributed by atoms with Crippen LogP contribution in [0, 0.1) is 0 Å². The van der Waals surface area contributed by atoms with Crippen molar-refractivity contribution in [2.45, 2.75) is 19.7 Å². The highest BCUT2D eigenvalue weighted by molar-refractivity contribution is 5.62. The van der Waals surface area contributed by atoms with Crippen LogP contribution in [-0.4, -0.2) is 22.6 Å². The maximum atomic E-state index is 5.65. The predicted molar refractivity (Wildman–Crippen MR) is 45.7 cm³/mol. The lowest BCUT2D eigenvalue weighted by Gasteiger charge is -2.09. The monoisotopic (exact) mass is 168 g/mol. The van der Waals surface area contributed by atoms with Crippen LogP contribution in [0.25, 0.3) is 0 Å². The minimum absolute atomic E-state index is 0.0287. The summed E-state index contributed by atoms with van der Waals surface area (Å²) < 4.78 is 7.19. The van der Waals surface area contributed by atoms with Gasteiger partial charge in [-0.25, -0.2) is 4.68 Å². The largest absolute Gasteiger partial charge is 0.394 e. The van der Waals surface area contributed by atoms with Crippen LogP contribution in [0.1, 0.15) is 6.92 Å². The van der Waals surface area contributed by atoms with E-state index in [1.807, 2.05) is 11.6 Å². The molecule has 66 valence electrons. The Balaban J connectivity index is 2.12. The lowest BCUT2D eigenvalue weighted by Crippen LogP contribution is -2.20. The first-order chi connectivity index (χ1) is 5.81. The molecule has 1 unspecified atom stereocenters. The van der Waals surface area contributed by atoms with E-state index in [4.69, 9.17) is 10.5 Å². The molecule has 3 N–H and O–H groups in total. The predicted octanol–water partition coefficient (Wildman–Crippen LogP) is 0.253. The Labute approximate surface area is 70.5 Å². The van der Waals surface area contributed by atoms with Crippen LogP contribution in [0.3, 0.4) is 0 Å². The molecule has 0 saturated carbocycles. The molecule has 0 bridgehead atoms. The third-order valence-corrected chi connectivity index (χ3v) is 1.87. The van der Waals surface area contributed by atoms with Gasteiger partial charge in [-0.05, 0) is 6.92 Å². The Morgan fingerprint density at radius 3 is 3.42 bits per heavy atom. The van der Waals surface area contributed by atoms with E-state index < -0.39 is 0 Å². The summed E-state index contributed by atoms with van der Waals surface area (Å²) in [5.74, 6) is 0.869. The van der Waals surface area contributed by atoms with Gasteiger partial charge in [0.05, 0.1) is 18.4 Å². The quantitative estimate of drug-likeness (QED) is 0.664. The fourth-order valence-electron chi connectivity index (χ4n) is 1.35. The maximum absolute atomic E-state index is 5.65. The third-order valence-electron chi connectivity index (χ3n) is 1.87. The average Bonchev–Trinajstić information content (AvgIpc) is 2.55. The van der Waals surface area contributed by atoms with Crippen molar-refractivity contribution in [3.05, 3.63) is 6.20 Å². The van der Waals surface area contributed by atoms with Crippen molar-refractivity contribution in [1.82, 2.24) is 9.78 Å². The molecule has 0 spiro atoms. The molecule has 0 amide bonds. The Bertz CT molecular complexity index is 283. The van der Waals surface area contributed by atoms with Gasteiger partial charge in [0.25, 0.3) is 0 Å². The van der Waals surface area contributed by atoms with Crippen LogP contribution in [0.4, 0.5) is 11.5 Å². The van der Waals surface area contributed by atoms with E-state index in [9.17, 15) is 0 Å². The van der Waals surface area contributed by atoms with Crippen molar-refractivity contribution >= 4 is 11.5 Å². The molecule has 0 saturated heterocycles. The lowest BCUT2D eigenvalue weighted by molar-refractivity contribution is 0.0781. The van der Waals surface area contributed by atoms with Crippen LogP contribution >= 0.6 is 0 Å². The SMILES string of the molecule is CCOC1Cn2ncc(N)c2N1. The lowest BCUT2D eigenvalue weighted by atomic mass is 10.5. The molecule has 0 aliphatic carbocycles. The van der Waals surface area contributed by atoms with E-state index in [1.165, 1.54) is 0 Å². The molecule has 0 radical (unpaired) electrons. The molecule has 2 heterocycles. The molecule has 12 heavy (non-hydrogen) atoms. The number of aromatic nitrogens is 2. The van der Waals surface area contributed by atoms with Gasteiger partial charge in [-0.1, -0.05) is 0 Å². The fraction of sp³-hybridized carbons (Fsp3) is 0.571. The first-order valence-electron chi connectivity index (χ1n) is 4.00. The second-order valence-electron chi connectivity index (χ2n) is 2.72. The Hall–Kier alpha value is -1.23. The number of fused-ring (bicyclic) bond motifs is 1. The number of nitrogens with one attached hydrogen (secondary N) is 1. The normalized spacial score (nSPS) is 20.6. The molecule has 1 aliphatic heterocycles. The van der Waals surface area contributed by atoms with Gasteiger partial charge in [0.1, 0.15) is 12.0 Å². The van der Waals surface area contributed by atoms with Gasteiger partial charge in [0.2, 0.25) is 0 Å². The van der Waals surface area contributed by atoms with Crippen LogP contribution in [-0.2, 0) is 11.3 Å². The molecular formula is C7H12N4O. The number of hydrogen-bond donors (Lipinski definition) is 2. The first kappa shape index (κ1) is 7.42. The molecule has 0 fully saturated rings. The number of ether oxygens (including phenoxy) is 1. The Morgan fingerprint density at radius 1 is 1.92 bits per heavy atom. The minimum atomic E-state index is 0.0287. The van der Waals surface area contributed by atoms with Gasteiger partial charge < -0.3 is 15.8 Å². The average molecular weight is 168 g/mol. The number of nitrogens with zero attached hydrogens (tertiary/aromatic N) is 2. The van der Waals surface area contributed by atoms with Gasteiger partial charge in [0.15, 0.2) is 0 Å². The van der Waals surface area contributed by atoms with Gasteiger partial charge in [-0.15, -0.1) is 0 Å². The molecule has 0 aromatic carbocycles. The molecule has 5 nitrogen and oxygen atoms in total. The van der Waals surface area contributed by atoms with E-state index in [2.05, 4.69) is 10.4 Å². The summed E-state index contributed by atoms with van der Waals surface area (Å²) in [6, 6.07) is 0. The van der Waals surface area contributed by atoms with E-state index in [1.54, 1.807) is 6.20 Å². The highest BCUT2D eigenvalue weighted by Crippen LogP contribution is 2.24. The molecule has 5 heteroatoms. The topological polar surface area (TPSA) is 65.1 Å². The zero-order valence-corrected chi connectivity index (χ0v) is 6.95. The minimum Gasteiger partial charge on any atom is -0.394 e. The molecule has 1 aromatic heterocycles. The van der Waals surface area contributed by atoms with Crippen LogP contribution in [0.2, 0.25) is 0 Å². The molecule has 1 aliphatic rings. The van der Waals surface area contributed by atoms with E-state index in [-0.39, 0.29) is 6.23 Å². The summed E-state index contributed by atoms with van der Waals surface area (Å²) in [6.07, 6.45) is 1.67. The second kappa shape index (κ2) is 2.67. The first-order valence-corrected chi connectivity index (χ1v) is 4.00. The van der Waals surface area contributed by atoms with Gasteiger partial charge in [-0.2, -0.15) is 5.10 Å². The third kappa shape index (κ3) is 1.02. The standard InChI is InChI=1S/C7H12N4O/c1-2-12-6-4-11-7(10-6)5(8)3-9-11/h3,6,10H,2,4,8H2,1H3. The number of nitrogens with two attached hydrogens (primary N) is 1. The zero-order valence-electron chi connectivity index (χ0n) is 6.95. The summed E-state index contributed by atoms with van der Waals surface area (Å²) in [5, 5.41) is 7.21. The number of hydrogen-bond acceptors (Lipinski definition) is 4. The van der Waals surface area contributed by atoms with Gasteiger partial charge in [-0.3, -0.25) is 0 Å². The van der Waals surface area contributed by atoms with Crippen molar-refractivity contribution in [3.8, 4) is 0 Å². The summed E-state index contributed by atoms with van der Waals surface area (Å²) in [4.78, 5) is 0. The van der Waals surface area contributed by atoms with E-state index in [0.29, 0.717) is 12.3 Å². The van der Waals surface area contributed by atoms with Crippen LogP contribution in [0.5, 0.6) is 0 Å². The van der Waals surface area contributed by atoms with E-state index >= 15 is 0 Å². The summed E-state index contributed by atoms with van der Waals surface area (Å²) in [7, 11) is 0. The fourth-order valence-corrected chi connectivity index (χ4v) is 1.35. The molecule has 1 aromatic rings. The van der Waals surface area contributed by atoms with Gasteiger partial charge >= 0.3 is 0 Å². The number of rotatable bonds is 2. The molecular weight excluding hydrogens is 156 g/mol. The molecule has 2 rings (SSSR count). The van der Waals surface area contributed by atoms with Crippen molar-refractivity contribution < 1.29 is 4.74 Å². The molecule has 1 atom stereocenters. The second-order valence-corrected chi connectivity index (χ2v) is 2.72.